The molecule has 142 valence electrons. The van der Waals surface area contributed by atoms with E-state index in [2.05, 4.69) is 12.2 Å². The number of nitrogens with one attached hydrogen (secondary N) is 1. The second-order valence-electron chi connectivity index (χ2n) is 6.85. The van der Waals surface area contributed by atoms with E-state index in [4.69, 9.17) is 0 Å². The van der Waals surface area contributed by atoms with Crippen molar-refractivity contribution >= 4 is 29.3 Å². The Labute approximate surface area is 165 Å². The molecule has 0 fully saturated rings. The van der Waals surface area contributed by atoms with Crippen LogP contribution in [0.15, 0.2) is 54.6 Å². The summed E-state index contributed by atoms with van der Waals surface area (Å²) in [5.41, 5.74) is 2.05. The standard InChI is InChI=1S/C22H26N2O2S/c1-3-27-14-13-23-20(25)16-22(15-17-9-5-4-6-10-17)18-11-7-8-12-19(18)24(2)21(22)26/h4-12H,3,13-16H2,1-2H3,(H,23,25)/t22-/m1/s1. The van der Waals surface area contributed by atoms with Crippen LogP contribution >= 0.6 is 11.8 Å². The summed E-state index contributed by atoms with van der Waals surface area (Å²) in [5, 5.41) is 2.99. The molecule has 1 aliphatic rings. The van der Waals surface area contributed by atoms with Gasteiger partial charge in [0.25, 0.3) is 0 Å². The molecule has 4 nitrogen and oxygen atoms in total. The Morgan fingerprint density at radius 1 is 1.11 bits per heavy atom. The summed E-state index contributed by atoms with van der Waals surface area (Å²) >= 11 is 1.79. The Balaban J connectivity index is 1.91. The number of carbonyl (C=O) groups excluding carboxylic acids is 2. The first kappa shape index (κ1) is 19.5. The highest BCUT2D eigenvalue weighted by molar-refractivity contribution is 7.99. The fourth-order valence-corrected chi connectivity index (χ4v) is 4.34. The first-order chi connectivity index (χ1) is 13.1. The minimum Gasteiger partial charge on any atom is -0.355 e. The Bertz CT molecular complexity index is 809. The van der Waals surface area contributed by atoms with Gasteiger partial charge in [-0.1, -0.05) is 55.5 Å². The van der Waals surface area contributed by atoms with Gasteiger partial charge in [-0.3, -0.25) is 9.59 Å². The molecule has 1 atom stereocenters. The number of hydrogen-bond donors (Lipinski definition) is 1. The molecule has 27 heavy (non-hydrogen) atoms. The van der Waals surface area contributed by atoms with Crippen LogP contribution in [0.3, 0.4) is 0 Å². The lowest BCUT2D eigenvalue weighted by Crippen LogP contribution is -2.44. The van der Waals surface area contributed by atoms with Gasteiger partial charge in [-0.25, -0.2) is 0 Å². The fourth-order valence-electron chi connectivity index (χ4n) is 3.81. The van der Waals surface area contributed by atoms with Gasteiger partial charge in [0.1, 0.15) is 0 Å². The molecular weight excluding hydrogens is 356 g/mol. The molecule has 1 N–H and O–H groups in total. The van der Waals surface area contributed by atoms with Crippen LogP contribution in [0.5, 0.6) is 0 Å². The molecule has 2 aromatic carbocycles. The first-order valence-electron chi connectivity index (χ1n) is 9.34. The van der Waals surface area contributed by atoms with Crippen molar-refractivity contribution in [2.45, 2.75) is 25.2 Å². The fraction of sp³-hybridized carbons (Fsp3) is 0.364. The van der Waals surface area contributed by atoms with Gasteiger partial charge in [-0.05, 0) is 29.4 Å². The van der Waals surface area contributed by atoms with Gasteiger partial charge >= 0.3 is 0 Å². The Morgan fingerprint density at radius 2 is 1.81 bits per heavy atom. The molecule has 0 unspecified atom stereocenters. The smallest absolute Gasteiger partial charge is 0.238 e. The Hall–Kier alpha value is -2.27. The van der Waals surface area contributed by atoms with Gasteiger partial charge in [0.2, 0.25) is 11.8 Å². The van der Waals surface area contributed by atoms with Gasteiger partial charge in [0.15, 0.2) is 0 Å². The molecule has 1 aliphatic heterocycles. The van der Waals surface area contributed by atoms with Crippen LogP contribution in [0, 0.1) is 0 Å². The van der Waals surface area contributed by atoms with E-state index in [1.165, 1.54) is 0 Å². The zero-order valence-corrected chi connectivity index (χ0v) is 16.7. The van der Waals surface area contributed by atoms with E-state index in [1.54, 1.807) is 23.7 Å². The van der Waals surface area contributed by atoms with Crippen LogP contribution in [0.4, 0.5) is 5.69 Å². The van der Waals surface area contributed by atoms with Gasteiger partial charge < -0.3 is 10.2 Å². The van der Waals surface area contributed by atoms with Crippen molar-refractivity contribution < 1.29 is 9.59 Å². The molecule has 0 saturated heterocycles. The van der Waals surface area contributed by atoms with E-state index in [0.29, 0.717) is 13.0 Å². The summed E-state index contributed by atoms with van der Waals surface area (Å²) < 4.78 is 0. The molecule has 0 spiro atoms. The van der Waals surface area contributed by atoms with Crippen LogP contribution in [0.1, 0.15) is 24.5 Å². The van der Waals surface area contributed by atoms with Gasteiger partial charge in [0, 0.05) is 31.5 Å². The number of hydrogen-bond acceptors (Lipinski definition) is 3. The Kier molecular flexibility index (Phi) is 6.22. The minimum atomic E-state index is -0.853. The largest absolute Gasteiger partial charge is 0.355 e. The quantitative estimate of drug-likeness (QED) is 0.712. The minimum absolute atomic E-state index is 0.00867. The molecule has 0 radical (unpaired) electrons. The van der Waals surface area contributed by atoms with Crippen LogP contribution < -0.4 is 10.2 Å². The maximum atomic E-state index is 13.3. The van der Waals surface area contributed by atoms with Crippen molar-refractivity contribution in [3.63, 3.8) is 0 Å². The van der Waals surface area contributed by atoms with Crippen molar-refractivity contribution in [3.05, 3.63) is 65.7 Å². The molecule has 2 aromatic rings. The molecule has 0 saturated carbocycles. The summed E-state index contributed by atoms with van der Waals surface area (Å²) in [5.74, 6) is 1.84. The van der Waals surface area contributed by atoms with Crippen molar-refractivity contribution in [1.29, 1.82) is 0 Å². The van der Waals surface area contributed by atoms with E-state index in [1.807, 2.05) is 54.6 Å². The van der Waals surface area contributed by atoms with Crippen molar-refractivity contribution in [2.75, 3.05) is 30.0 Å². The SMILES string of the molecule is CCSCCNC(=O)C[C@@]1(Cc2ccccc2)C(=O)N(C)c2ccccc21. The van der Waals surface area contributed by atoms with E-state index in [9.17, 15) is 9.59 Å². The summed E-state index contributed by atoms with van der Waals surface area (Å²) in [6.45, 7) is 2.73. The van der Waals surface area contributed by atoms with Crippen LogP contribution in [-0.2, 0) is 21.4 Å². The third-order valence-electron chi connectivity index (χ3n) is 5.08. The maximum Gasteiger partial charge on any atom is 0.238 e. The summed E-state index contributed by atoms with van der Waals surface area (Å²) in [4.78, 5) is 27.8. The zero-order chi connectivity index (χ0) is 19.3. The number of para-hydroxylation sites is 1. The highest BCUT2D eigenvalue weighted by Gasteiger charge is 2.50. The van der Waals surface area contributed by atoms with Gasteiger partial charge in [-0.15, -0.1) is 0 Å². The monoisotopic (exact) mass is 382 g/mol. The lowest BCUT2D eigenvalue weighted by molar-refractivity contribution is -0.129. The number of nitrogens with zero attached hydrogens (tertiary/aromatic N) is 1. The van der Waals surface area contributed by atoms with Crippen LogP contribution in [-0.4, -0.2) is 36.9 Å². The summed E-state index contributed by atoms with van der Waals surface area (Å²) in [6.07, 6.45) is 0.685. The highest BCUT2D eigenvalue weighted by atomic mass is 32.2. The summed E-state index contributed by atoms with van der Waals surface area (Å²) in [6, 6.07) is 17.8. The molecular formula is C22H26N2O2S. The number of anilines is 1. The van der Waals surface area contributed by atoms with Gasteiger partial charge in [-0.2, -0.15) is 11.8 Å². The molecule has 0 aromatic heterocycles. The molecule has 5 heteroatoms. The zero-order valence-electron chi connectivity index (χ0n) is 15.9. The van der Waals surface area contributed by atoms with Crippen LogP contribution in [0.25, 0.3) is 0 Å². The summed E-state index contributed by atoms with van der Waals surface area (Å²) in [7, 11) is 1.80. The normalized spacial score (nSPS) is 18.4. The predicted octanol–water partition coefficient (Wildman–Crippen LogP) is 3.40. The molecule has 0 bridgehead atoms. The Morgan fingerprint density at radius 3 is 2.56 bits per heavy atom. The van der Waals surface area contributed by atoms with E-state index in [0.717, 1.165) is 28.3 Å². The number of carbonyl (C=O) groups is 2. The number of amides is 2. The third kappa shape index (κ3) is 4.03. The lowest BCUT2D eigenvalue weighted by Gasteiger charge is -2.28. The molecule has 0 aliphatic carbocycles. The van der Waals surface area contributed by atoms with E-state index < -0.39 is 5.41 Å². The second kappa shape index (κ2) is 8.61. The average Bonchev–Trinajstić information content (AvgIpc) is 2.89. The van der Waals surface area contributed by atoms with Gasteiger partial charge in [0.05, 0.1) is 5.41 Å². The second-order valence-corrected chi connectivity index (χ2v) is 8.24. The van der Waals surface area contributed by atoms with E-state index in [-0.39, 0.29) is 18.2 Å². The number of rotatable bonds is 8. The topological polar surface area (TPSA) is 49.4 Å². The van der Waals surface area contributed by atoms with Crippen LogP contribution in [0.2, 0.25) is 0 Å². The molecule has 3 rings (SSSR count). The highest BCUT2D eigenvalue weighted by Crippen LogP contribution is 2.45. The third-order valence-corrected chi connectivity index (χ3v) is 5.98. The number of likely N-dealkylation sites (N-methyl/N-ethyl adjacent to an activating group) is 1. The lowest BCUT2D eigenvalue weighted by atomic mass is 9.73. The van der Waals surface area contributed by atoms with Crippen molar-refractivity contribution in [1.82, 2.24) is 5.32 Å². The van der Waals surface area contributed by atoms with Crippen molar-refractivity contribution in [3.8, 4) is 0 Å². The first-order valence-corrected chi connectivity index (χ1v) is 10.5. The predicted molar refractivity (Wildman–Crippen MR) is 112 cm³/mol. The molecule has 2 amide bonds. The number of benzene rings is 2. The van der Waals surface area contributed by atoms with E-state index >= 15 is 0 Å². The maximum absolute atomic E-state index is 13.3. The average molecular weight is 383 g/mol. The van der Waals surface area contributed by atoms with Crippen molar-refractivity contribution in [2.24, 2.45) is 0 Å². The molecule has 1 heterocycles. The number of thioether (sulfide) groups is 1. The number of fused-ring (bicyclic) bond motifs is 1.